The summed E-state index contributed by atoms with van der Waals surface area (Å²) in [5, 5.41) is 4.14. The normalized spacial score (nSPS) is 21.1. The van der Waals surface area contributed by atoms with Crippen molar-refractivity contribution in [3.63, 3.8) is 0 Å². The number of rotatable bonds is 5. The van der Waals surface area contributed by atoms with Crippen molar-refractivity contribution in [3.8, 4) is 5.75 Å². The van der Waals surface area contributed by atoms with Gasteiger partial charge in [0.05, 0.1) is 11.6 Å². The highest BCUT2D eigenvalue weighted by Gasteiger charge is 2.14. The molecule has 0 radical (unpaired) electrons. The minimum Gasteiger partial charge on any atom is -0.492 e. The van der Waals surface area contributed by atoms with E-state index in [1.807, 2.05) is 12.1 Å². The average Bonchev–Trinajstić information content (AvgIpc) is 2.46. The lowest BCUT2D eigenvalue weighted by molar-refractivity contribution is 0.218. The van der Waals surface area contributed by atoms with Crippen molar-refractivity contribution in [1.82, 2.24) is 5.32 Å². The summed E-state index contributed by atoms with van der Waals surface area (Å²) in [6.07, 6.45) is 3.62. The SMILES string of the molecule is CC[C@@H](C)c1ccc(OC[C@H]2CCCNC2)c(Cl)c1. The minimum absolute atomic E-state index is 0.550. The van der Waals surface area contributed by atoms with Gasteiger partial charge in [0.1, 0.15) is 5.75 Å². The second-order valence-corrected chi connectivity index (χ2v) is 5.93. The Morgan fingerprint density at radius 1 is 1.47 bits per heavy atom. The van der Waals surface area contributed by atoms with Crippen molar-refractivity contribution >= 4 is 11.6 Å². The Balaban J connectivity index is 1.93. The van der Waals surface area contributed by atoms with Gasteiger partial charge in [0.2, 0.25) is 0 Å². The summed E-state index contributed by atoms with van der Waals surface area (Å²) in [6.45, 7) is 7.37. The van der Waals surface area contributed by atoms with E-state index in [4.69, 9.17) is 16.3 Å². The van der Waals surface area contributed by atoms with E-state index < -0.39 is 0 Å². The Kier molecular flexibility index (Phi) is 5.53. The number of ether oxygens (including phenoxy) is 1. The van der Waals surface area contributed by atoms with Gasteiger partial charge < -0.3 is 10.1 Å². The first-order chi connectivity index (χ1) is 9.20. The van der Waals surface area contributed by atoms with Crippen LogP contribution in [0.2, 0.25) is 5.02 Å². The van der Waals surface area contributed by atoms with E-state index in [0.29, 0.717) is 11.8 Å². The first kappa shape index (κ1) is 14.7. The van der Waals surface area contributed by atoms with Gasteiger partial charge in [-0.25, -0.2) is 0 Å². The Bertz CT molecular complexity index is 402. The molecular formula is C16H24ClNO. The van der Waals surface area contributed by atoms with E-state index in [1.54, 1.807) is 0 Å². The second-order valence-electron chi connectivity index (χ2n) is 5.52. The van der Waals surface area contributed by atoms with Gasteiger partial charge in [0.25, 0.3) is 0 Å². The number of piperidine rings is 1. The molecule has 2 nitrogen and oxygen atoms in total. The van der Waals surface area contributed by atoms with Crippen LogP contribution in [0.4, 0.5) is 0 Å². The molecule has 1 aliphatic rings. The van der Waals surface area contributed by atoms with Crippen LogP contribution in [0.3, 0.4) is 0 Å². The van der Waals surface area contributed by atoms with Crippen LogP contribution < -0.4 is 10.1 Å². The summed E-state index contributed by atoms with van der Waals surface area (Å²) < 4.78 is 5.87. The molecule has 19 heavy (non-hydrogen) atoms. The molecule has 1 fully saturated rings. The lowest BCUT2D eigenvalue weighted by atomic mass is 9.98. The predicted molar refractivity (Wildman–Crippen MR) is 81.2 cm³/mol. The average molecular weight is 282 g/mol. The molecule has 1 heterocycles. The van der Waals surface area contributed by atoms with Crippen molar-refractivity contribution in [3.05, 3.63) is 28.8 Å². The molecule has 0 aromatic heterocycles. The molecule has 0 saturated carbocycles. The third-order valence-electron chi connectivity index (χ3n) is 4.01. The van der Waals surface area contributed by atoms with Gasteiger partial charge in [0.15, 0.2) is 0 Å². The molecule has 0 spiro atoms. The fourth-order valence-electron chi connectivity index (χ4n) is 2.45. The van der Waals surface area contributed by atoms with Crippen LogP contribution in [-0.2, 0) is 0 Å². The van der Waals surface area contributed by atoms with Gasteiger partial charge in [-0.15, -0.1) is 0 Å². The third-order valence-corrected chi connectivity index (χ3v) is 4.31. The second kappa shape index (κ2) is 7.16. The highest BCUT2D eigenvalue weighted by molar-refractivity contribution is 6.32. The standard InChI is InChI=1S/C16H24ClNO/c1-3-12(2)14-6-7-16(15(17)9-14)19-11-13-5-4-8-18-10-13/h6-7,9,12-13,18H,3-5,8,10-11H2,1-2H3/t12-,13+/m1/s1. The first-order valence-corrected chi connectivity index (χ1v) is 7.71. The van der Waals surface area contributed by atoms with Crippen molar-refractivity contribution < 1.29 is 4.74 Å². The van der Waals surface area contributed by atoms with Crippen molar-refractivity contribution in [2.75, 3.05) is 19.7 Å². The number of halogens is 1. The molecule has 1 N–H and O–H groups in total. The molecule has 0 unspecified atom stereocenters. The fourth-order valence-corrected chi connectivity index (χ4v) is 2.69. The predicted octanol–water partition coefficient (Wildman–Crippen LogP) is 4.23. The van der Waals surface area contributed by atoms with Crippen LogP contribution in [0.1, 0.15) is 44.6 Å². The van der Waals surface area contributed by atoms with Gasteiger partial charge in [-0.1, -0.05) is 31.5 Å². The quantitative estimate of drug-likeness (QED) is 0.872. The summed E-state index contributed by atoms with van der Waals surface area (Å²) in [6, 6.07) is 6.19. The van der Waals surface area contributed by atoms with Crippen molar-refractivity contribution in [1.29, 1.82) is 0 Å². The monoisotopic (exact) mass is 281 g/mol. The van der Waals surface area contributed by atoms with Crippen LogP contribution in [0, 0.1) is 5.92 Å². The molecule has 2 atom stereocenters. The zero-order chi connectivity index (χ0) is 13.7. The molecule has 1 aromatic rings. The Morgan fingerprint density at radius 3 is 2.95 bits per heavy atom. The van der Waals surface area contributed by atoms with Gasteiger partial charge >= 0.3 is 0 Å². The lowest BCUT2D eigenvalue weighted by Crippen LogP contribution is -2.33. The van der Waals surface area contributed by atoms with E-state index in [2.05, 4.69) is 25.2 Å². The first-order valence-electron chi connectivity index (χ1n) is 7.33. The Morgan fingerprint density at radius 2 is 2.32 bits per heavy atom. The van der Waals surface area contributed by atoms with Crippen molar-refractivity contribution in [2.45, 2.75) is 39.0 Å². The zero-order valence-corrected chi connectivity index (χ0v) is 12.7. The van der Waals surface area contributed by atoms with Crippen molar-refractivity contribution in [2.24, 2.45) is 5.92 Å². The third kappa shape index (κ3) is 4.12. The smallest absolute Gasteiger partial charge is 0.137 e. The maximum atomic E-state index is 6.31. The van der Waals surface area contributed by atoms with E-state index >= 15 is 0 Å². The maximum absolute atomic E-state index is 6.31. The minimum atomic E-state index is 0.550. The Hall–Kier alpha value is -0.730. The van der Waals surface area contributed by atoms with Crippen LogP contribution in [0.25, 0.3) is 0 Å². The molecule has 1 saturated heterocycles. The number of hydrogen-bond acceptors (Lipinski definition) is 2. The van der Waals surface area contributed by atoms with E-state index in [-0.39, 0.29) is 0 Å². The molecule has 0 aliphatic carbocycles. The zero-order valence-electron chi connectivity index (χ0n) is 11.9. The lowest BCUT2D eigenvalue weighted by Gasteiger charge is -2.23. The van der Waals surface area contributed by atoms with Crippen LogP contribution >= 0.6 is 11.6 Å². The van der Waals surface area contributed by atoms with Gasteiger partial charge in [0, 0.05) is 12.5 Å². The fraction of sp³-hybridized carbons (Fsp3) is 0.625. The summed E-state index contributed by atoms with van der Waals surface area (Å²) >= 11 is 6.31. The molecule has 1 aromatic carbocycles. The number of hydrogen-bond donors (Lipinski definition) is 1. The highest BCUT2D eigenvalue weighted by Crippen LogP contribution is 2.30. The molecule has 0 bridgehead atoms. The molecule has 1 aliphatic heterocycles. The molecular weight excluding hydrogens is 258 g/mol. The number of nitrogens with one attached hydrogen (secondary N) is 1. The van der Waals surface area contributed by atoms with Gasteiger partial charge in [-0.2, -0.15) is 0 Å². The van der Waals surface area contributed by atoms with E-state index in [1.165, 1.54) is 18.4 Å². The van der Waals surface area contributed by atoms with E-state index in [0.717, 1.165) is 36.9 Å². The van der Waals surface area contributed by atoms with Crippen LogP contribution in [-0.4, -0.2) is 19.7 Å². The van der Waals surface area contributed by atoms with E-state index in [9.17, 15) is 0 Å². The molecule has 3 heteroatoms. The van der Waals surface area contributed by atoms with Crippen LogP contribution in [0.5, 0.6) is 5.75 Å². The highest BCUT2D eigenvalue weighted by atomic mass is 35.5. The van der Waals surface area contributed by atoms with Gasteiger partial charge in [-0.05, 0) is 49.4 Å². The summed E-state index contributed by atoms with van der Waals surface area (Å²) in [5.74, 6) is 1.98. The molecule has 106 valence electrons. The van der Waals surface area contributed by atoms with Gasteiger partial charge in [-0.3, -0.25) is 0 Å². The maximum Gasteiger partial charge on any atom is 0.137 e. The summed E-state index contributed by atoms with van der Waals surface area (Å²) in [5.41, 5.74) is 1.29. The Labute approximate surface area is 121 Å². The summed E-state index contributed by atoms with van der Waals surface area (Å²) in [4.78, 5) is 0. The molecule has 2 rings (SSSR count). The molecule has 0 amide bonds. The number of benzene rings is 1. The van der Waals surface area contributed by atoms with Crippen LogP contribution in [0.15, 0.2) is 18.2 Å². The largest absolute Gasteiger partial charge is 0.492 e. The summed E-state index contributed by atoms with van der Waals surface area (Å²) in [7, 11) is 0. The topological polar surface area (TPSA) is 21.3 Å².